The van der Waals surface area contributed by atoms with Crippen LogP contribution in [0.15, 0.2) is 24.3 Å². The van der Waals surface area contributed by atoms with Gasteiger partial charge >= 0.3 is 0 Å². The SMILES string of the molecule is COc1ccc(F)c(F)c1COc1cc(N(C)C)c(F)cc1OC1CCCC1. The molecule has 0 bridgehead atoms. The molecule has 0 saturated heterocycles. The van der Waals surface area contributed by atoms with E-state index in [1.54, 1.807) is 19.0 Å². The maximum Gasteiger partial charge on any atom is 0.169 e. The van der Waals surface area contributed by atoms with E-state index >= 15 is 0 Å². The molecule has 0 atom stereocenters. The molecule has 28 heavy (non-hydrogen) atoms. The molecule has 0 radical (unpaired) electrons. The number of hydrogen-bond donors (Lipinski definition) is 0. The van der Waals surface area contributed by atoms with Crippen LogP contribution in [0.1, 0.15) is 31.2 Å². The van der Waals surface area contributed by atoms with Crippen LogP contribution in [0.2, 0.25) is 0 Å². The van der Waals surface area contributed by atoms with Gasteiger partial charge in [-0.3, -0.25) is 0 Å². The van der Waals surface area contributed by atoms with Crippen molar-refractivity contribution in [3.8, 4) is 17.2 Å². The second kappa shape index (κ2) is 8.63. The van der Waals surface area contributed by atoms with Crippen LogP contribution >= 0.6 is 0 Å². The van der Waals surface area contributed by atoms with Gasteiger partial charge in [0.25, 0.3) is 0 Å². The first kappa shape index (κ1) is 20.2. The van der Waals surface area contributed by atoms with E-state index in [1.165, 1.54) is 25.3 Å². The molecule has 0 spiro atoms. The van der Waals surface area contributed by atoms with Crippen molar-refractivity contribution in [3.05, 3.63) is 47.3 Å². The van der Waals surface area contributed by atoms with Crippen molar-refractivity contribution in [3.63, 3.8) is 0 Å². The molecule has 1 aliphatic carbocycles. The molecule has 0 unspecified atom stereocenters. The molecule has 0 aromatic heterocycles. The summed E-state index contributed by atoms with van der Waals surface area (Å²) in [4.78, 5) is 1.60. The van der Waals surface area contributed by atoms with Gasteiger partial charge in [0.05, 0.1) is 24.5 Å². The van der Waals surface area contributed by atoms with Crippen LogP contribution in [-0.4, -0.2) is 27.3 Å². The van der Waals surface area contributed by atoms with E-state index in [4.69, 9.17) is 14.2 Å². The zero-order valence-electron chi connectivity index (χ0n) is 16.2. The van der Waals surface area contributed by atoms with Crippen molar-refractivity contribution in [2.45, 2.75) is 38.4 Å². The van der Waals surface area contributed by atoms with Crippen LogP contribution in [0, 0.1) is 17.5 Å². The Morgan fingerprint density at radius 1 is 0.964 bits per heavy atom. The maximum atomic E-state index is 14.4. The van der Waals surface area contributed by atoms with E-state index in [0.717, 1.165) is 31.7 Å². The molecule has 2 aromatic rings. The minimum absolute atomic E-state index is 0.00704. The lowest BCUT2D eigenvalue weighted by atomic mass is 10.2. The van der Waals surface area contributed by atoms with Crippen LogP contribution < -0.4 is 19.1 Å². The Bertz CT molecular complexity index is 836. The molecular weight excluding hydrogens is 371 g/mol. The van der Waals surface area contributed by atoms with Crippen molar-refractivity contribution in [2.24, 2.45) is 0 Å². The lowest BCUT2D eigenvalue weighted by Crippen LogP contribution is -2.15. The first-order chi connectivity index (χ1) is 13.4. The molecule has 152 valence electrons. The fourth-order valence-corrected chi connectivity index (χ4v) is 3.31. The monoisotopic (exact) mass is 395 g/mol. The molecule has 1 fully saturated rings. The Kier molecular flexibility index (Phi) is 6.21. The highest BCUT2D eigenvalue weighted by Crippen LogP contribution is 2.37. The minimum atomic E-state index is -1.03. The van der Waals surface area contributed by atoms with Gasteiger partial charge in [-0.15, -0.1) is 0 Å². The second-order valence-electron chi connectivity index (χ2n) is 7.00. The summed E-state index contributed by atoms with van der Waals surface area (Å²) >= 11 is 0. The van der Waals surface area contributed by atoms with Crippen molar-refractivity contribution in [1.29, 1.82) is 0 Å². The van der Waals surface area contributed by atoms with Gasteiger partial charge in [-0.25, -0.2) is 13.2 Å². The highest BCUT2D eigenvalue weighted by Gasteiger charge is 2.22. The third-order valence-electron chi connectivity index (χ3n) is 4.84. The van der Waals surface area contributed by atoms with Gasteiger partial charge in [-0.1, -0.05) is 0 Å². The van der Waals surface area contributed by atoms with Crippen LogP contribution in [0.25, 0.3) is 0 Å². The van der Waals surface area contributed by atoms with E-state index < -0.39 is 17.5 Å². The normalized spacial score (nSPS) is 14.2. The summed E-state index contributed by atoms with van der Waals surface area (Å²) in [6, 6.07) is 5.11. The van der Waals surface area contributed by atoms with Crippen LogP contribution in [-0.2, 0) is 6.61 Å². The molecule has 0 amide bonds. The van der Waals surface area contributed by atoms with Gasteiger partial charge < -0.3 is 19.1 Å². The zero-order chi connectivity index (χ0) is 20.3. The first-order valence-corrected chi connectivity index (χ1v) is 9.22. The lowest BCUT2D eigenvalue weighted by Gasteiger charge is -2.21. The molecule has 7 heteroatoms. The number of nitrogens with zero attached hydrogens (tertiary/aromatic N) is 1. The van der Waals surface area contributed by atoms with E-state index in [2.05, 4.69) is 0 Å². The van der Waals surface area contributed by atoms with Gasteiger partial charge in [0.2, 0.25) is 0 Å². The first-order valence-electron chi connectivity index (χ1n) is 9.22. The number of ether oxygens (including phenoxy) is 3. The van der Waals surface area contributed by atoms with Crippen LogP contribution in [0.4, 0.5) is 18.9 Å². The van der Waals surface area contributed by atoms with Crippen molar-refractivity contribution >= 4 is 5.69 Å². The second-order valence-corrected chi connectivity index (χ2v) is 7.00. The number of methoxy groups -OCH3 is 1. The standard InChI is InChI=1S/C21H24F3NO3/c1-25(2)17-11-19(20(10-16(17)23)28-13-6-4-5-7-13)27-12-14-18(26-3)9-8-15(22)21(14)24/h8-11,13H,4-7,12H2,1-3H3. The molecule has 1 saturated carbocycles. The van der Waals surface area contributed by atoms with Crippen LogP contribution in [0.3, 0.4) is 0 Å². The number of rotatable bonds is 7. The van der Waals surface area contributed by atoms with Gasteiger partial charge in [-0.05, 0) is 37.8 Å². The molecule has 3 rings (SSSR count). The summed E-state index contributed by atoms with van der Waals surface area (Å²) in [5.41, 5.74) is 0.255. The Labute approximate surface area is 162 Å². The van der Waals surface area contributed by atoms with E-state index in [0.29, 0.717) is 5.69 Å². The van der Waals surface area contributed by atoms with E-state index in [1.807, 2.05) is 0 Å². The summed E-state index contributed by atoms with van der Waals surface area (Å²) in [6.45, 7) is -0.285. The van der Waals surface area contributed by atoms with E-state index in [-0.39, 0.29) is 35.5 Å². The summed E-state index contributed by atoms with van der Waals surface area (Å²) in [7, 11) is 4.77. The molecule has 0 heterocycles. The summed E-state index contributed by atoms with van der Waals surface area (Å²) in [5.74, 6) is -1.78. The lowest BCUT2D eigenvalue weighted by molar-refractivity contribution is 0.191. The molecule has 2 aromatic carbocycles. The smallest absolute Gasteiger partial charge is 0.169 e. The highest BCUT2D eigenvalue weighted by molar-refractivity contribution is 5.57. The van der Waals surface area contributed by atoms with Gasteiger partial charge in [-0.2, -0.15) is 0 Å². The van der Waals surface area contributed by atoms with Gasteiger partial charge in [0.1, 0.15) is 18.2 Å². The molecule has 4 nitrogen and oxygen atoms in total. The predicted octanol–water partition coefficient (Wildman–Crippen LogP) is 5.08. The fourth-order valence-electron chi connectivity index (χ4n) is 3.31. The third kappa shape index (κ3) is 4.29. The quantitative estimate of drug-likeness (QED) is 0.654. The van der Waals surface area contributed by atoms with Crippen LogP contribution in [0.5, 0.6) is 17.2 Å². The fraction of sp³-hybridized carbons (Fsp3) is 0.429. The average molecular weight is 395 g/mol. The Morgan fingerprint density at radius 3 is 2.32 bits per heavy atom. The largest absolute Gasteiger partial charge is 0.496 e. The van der Waals surface area contributed by atoms with E-state index in [9.17, 15) is 13.2 Å². The maximum absolute atomic E-state index is 14.4. The molecular formula is C21H24F3NO3. The molecule has 0 aliphatic heterocycles. The summed E-state index contributed by atoms with van der Waals surface area (Å²) in [6.07, 6.45) is 3.90. The van der Waals surface area contributed by atoms with Gasteiger partial charge in [0, 0.05) is 26.2 Å². The third-order valence-corrected chi connectivity index (χ3v) is 4.84. The Morgan fingerprint density at radius 2 is 1.68 bits per heavy atom. The van der Waals surface area contributed by atoms with Crippen molar-refractivity contribution in [1.82, 2.24) is 0 Å². The van der Waals surface area contributed by atoms with Crippen molar-refractivity contribution in [2.75, 3.05) is 26.1 Å². The zero-order valence-corrected chi connectivity index (χ0v) is 16.2. The predicted molar refractivity (Wildman–Crippen MR) is 101 cm³/mol. The number of anilines is 1. The average Bonchev–Trinajstić information content (AvgIpc) is 3.17. The topological polar surface area (TPSA) is 30.9 Å². The number of benzene rings is 2. The summed E-state index contributed by atoms with van der Waals surface area (Å²) < 4.78 is 59.1. The highest BCUT2D eigenvalue weighted by atomic mass is 19.2. The molecule has 1 aliphatic rings. The Hall–Kier alpha value is -2.57. The molecule has 0 N–H and O–H groups in total. The minimum Gasteiger partial charge on any atom is -0.496 e. The number of halogens is 3. The van der Waals surface area contributed by atoms with Crippen molar-refractivity contribution < 1.29 is 27.4 Å². The Balaban J connectivity index is 1.91. The van der Waals surface area contributed by atoms with Gasteiger partial charge in [0.15, 0.2) is 23.1 Å². The number of hydrogen-bond acceptors (Lipinski definition) is 4. The summed E-state index contributed by atoms with van der Waals surface area (Å²) in [5, 5.41) is 0.